The van der Waals surface area contributed by atoms with Crippen molar-refractivity contribution in [2.24, 2.45) is 5.73 Å². The van der Waals surface area contributed by atoms with E-state index in [0.717, 1.165) is 16.7 Å². The molecule has 0 spiro atoms. The summed E-state index contributed by atoms with van der Waals surface area (Å²) in [5.41, 5.74) is 7.12. The Kier molecular flexibility index (Phi) is 2.43. The number of aryl methyl sites for hydroxylation is 1. The van der Waals surface area contributed by atoms with Crippen LogP contribution in [0.3, 0.4) is 0 Å². The number of rotatable bonds is 1. The molecule has 1 aromatic heterocycles. The van der Waals surface area contributed by atoms with Crippen molar-refractivity contribution >= 4 is 34.2 Å². The molecule has 0 bridgehead atoms. The molecule has 0 aliphatic heterocycles. The molecule has 4 heteroatoms. The van der Waals surface area contributed by atoms with Gasteiger partial charge < -0.3 is 10.2 Å². The largest absolute Gasteiger partial charge is 0.458 e. The lowest BCUT2D eigenvalue weighted by Crippen LogP contribution is -1.95. The van der Waals surface area contributed by atoms with Gasteiger partial charge in [-0.3, -0.25) is 0 Å². The maximum atomic E-state index is 6.05. The number of halogens is 2. The van der Waals surface area contributed by atoms with E-state index in [1.807, 2.05) is 6.92 Å². The van der Waals surface area contributed by atoms with Gasteiger partial charge in [0, 0.05) is 10.9 Å². The Labute approximate surface area is 91.6 Å². The predicted octanol–water partition coefficient (Wildman–Crippen LogP) is 3.51. The Bertz CT molecular complexity index is 490. The lowest BCUT2D eigenvalue weighted by molar-refractivity contribution is 0.549. The standard InChI is InChI=1S/C10H9Cl2NO/c1-5-8(4-13)14-10-7(12)3-2-6(11)9(5)10/h2-3H,4,13H2,1H3. The van der Waals surface area contributed by atoms with Gasteiger partial charge in [-0.2, -0.15) is 0 Å². The molecule has 0 saturated carbocycles. The first-order valence-electron chi connectivity index (χ1n) is 4.21. The summed E-state index contributed by atoms with van der Waals surface area (Å²) in [6.07, 6.45) is 0. The van der Waals surface area contributed by atoms with Crippen molar-refractivity contribution in [2.75, 3.05) is 0 Å². The van der Waals surface area contributed by atoms with Crippen molar-refractivity contribution in [2.45, 2.75) is 13.5 Å². The fourth-order valence-electron chi connectivity index (χ4n) is 1.52. The second-order valence-corrected chi connectivity index (χ2v) is 3.90. The van der Waals surface area contributed by atoms with E-state index in [4.69, 9.17) is 33.4 Å². The van der Waals surface area contributed by atoms with Crippen LogP contribution in [0.1, 0.15) is 11.3 Å². The van der Waals surface area contributed by atoms with Gasteiger partial charge in [-0.25, -0.2) is 0 Å². The highest BCUT2D eigenvalue weighted by Gasteiger charge is 2.14. The number of furan rings is 1. The molecule has 0 saturated heterocycles. The van der Waals surface area contributed by atoms with Crippen molar-refractivity contribution in [1.82, 2.24) is 0 Å². The van der Waals surface area contributed by atoms with Crippen molar-refractivity contribution in [1.29, 1.82) is 0 Å². The molecule has 1 aromatic carbocycles. The Morgan fingerprint density at radius 3 is 2.50 bits per heavy atom. The topological polar surface area (TPSA) is 39.2 Å². The zero-order valence-corrected chi connectivity index (χ0v) is 9.12. The van der Waals surface area contributed by atoms with E-state index in [9.17, 15) is 0 Å². The van der Waals surface area contributed by atoms with E-state index in [1.54, 1.807) is 12.1 Å². The smallest absolute Gasteiger partial charge is 0.154 e. The zero-order valence-electron chi connectivity index (χ0n) is 7.60. The molecule has 0 amide bonds. The molecule has 74 valence electrons. The van der Waals surface area contributed by atoms with Gasteiger partial charge in [-0.15, -0.1) is 0 Å². The molecule has 1 heterocycles. The van der Waals surface area contributed by atoms with Gasteiger partial charge in [-0.05, 0) is 19.1 Å². The number of fused-ring (bicyclic) bond motifs is 1. The fourth-order valence-corrected chi connectivity index (χ4v) is 2.00. The first-order valence-corrected chi connectivity index (χ1v) is 4.96. The summed E-state index contributed by atoms with van der Waals surface area (Å²) in [6, 6.07) is 3.48. The Balaban J connectivity index is 2.90. The van der Waals surface area contributed by atoms with E-state index in [0.29, 0.717) is 22.2 Å². The van der Waals surface area contributed by atoms with Crippen LogP contribution in [-0.4, -0.2) is 0 Å². The number of hydrogen-bond donors (Lipinski definition) is 1. The van der Waals surface area contributed by atoms with E-state index in [1.165, 1.54) is 0 Å². The van der Waals surface area contributed by atoms with Crippen LogP contribution in [-0.2, 0) is 6.54 Å². The minimum Gasteiger partial charge on any atom is -0.458 e. The number of benzene rings is 1. The molecule has 0 fully saturated rings. The highest BCUT2D eigenvalue weighted by Crippen LogP contribution is 2.35. The average Bonchev–Trinajstić information content (AvgIpc) is 2.51. The quantitative estimate of drug-likeness (QED) is 0.814. The summed E-state index contributed by atoms with van der Waals surface area (Å²) in [5, 5.41) is 2.07. The summed E-state index contributed by atoms with van der Waals surface area (Å²) in [7, 11) is 0. The normalized spacial score (nSPS) is 11.1. The van der Waals surface area contributed by atoms with Crippen LogP contribution < -0.4 is 5.73 Å². The van der Waals surface area contributed by atoms with E-state index >= 15 is 0 Å². The third kappa shape index (κ3) is 1.31. The second kappa shape index (κ2) is 3.46. The molecule has 0 unspecified atom stereocenters. The molecule has 2 rings (SSSR count). The lowest BCUT2D eigenvalue weighted by atomic mass is 10.1. The van der Waals surface area contributed by atoms with Crippen molar-refractivity contribution in [3.8, 4) is 0 Å². The Hall–Kier alpha value is -0.700. The predicted molar refractivity (Wildman–Crippen MR) is 58.9 cm³/mol. The highest BCUT2D eigenvalue weighted by atomic mass is 35.5. The maximum Gasteiger partial charge on any atom is 0.154 e. The van der Waals surface area contributed by atoms with Crippen LogP contribution in [0.25, 0.3) is 11.0 Å². The van der Waals surface area contributed by atoms with Crippen LogP contribution in [0.5, 0.6) is 0 Å². The summed E-state index contributed by atoms with van der Waals surface area (Å²) in [6.45, 7) is 2.28. The summed E-state index contributed by atoms with van der Waals surface area (Å²) in [4.78, 5) is 0. The van der Waals surface area contributed by atoms with E-state index in [-0.39, 0.29) is 0 Å². The summed E-state index contributed by atoms with van der Waals surface area (Å²) >= 11 is 12.0. The first kappa shape index (κ1) is 9.84. The molecular weight excluding hydrogens is 221 g/mol. The Morgan fingerprint density at radius 2 is 1.93 bits per heavy atom. The second-order valence-electron chi connectivity index (χ2n) is 3.09. The number of nitrogens with two attached hydrogens (primary N) is 1. The molecule has 2 aromatic rings. The first-order chi connectivity index (χ1) is 6.65. The third-order valence-electron chi connectivity index (χ3n) is 2.26. The molecule has 0 aliphatic rings. The maximum absolute atomic E-state index is 6.05. The van der Waals surface area contributed by atoms with Crippen LogP contribution in [0, 0.1) is 6.92 Å². The minimum absolute atomic E-state index is 0.354. The molecular formula is C10H9Cl2NO. The monoisotopic (exact) mass is 229 g/mol. The molecule has 2 nitrogen and oxygen atoms in total. The molecule has 0 radical (unpaired) electrons. The minimum atomic E-state index is 0.354. The van der Waals surface area contributed by atoms with Crippen LogP contribution in [0.4, 0.5) is 0 Å². The van der Waals surface area contributed by atoms with Crippen molar-refractivity contribution in [3.05, 3.63) is 33.5 Å². The highest BCUT2D eigenvalue weighted by molar-refractivity contribution is 6.40. The summed E-state index contributed by atoms with van der Waals surface area (Å²) in [5.74, 6) is 0.731. The molecule has 0 aliphatic carbocycles. The van der Waals surface area contributed by atoms with Crippen LogP contribution in [0.2, 0.25) is 10.0 Å². The Morgan fingerprint density at radius 1 is 1.29 bits per heavy atom. The SMILES string of the molecule is Cc1c(CN)oc2c(Cl)ccc(Cl)c12. The van der Waals surface area contributed by atoms with Crippen molar-refractivity contribution < 1.29 is 4.42 Å². The fraction of sp³-hybridized carbons (Fsp3) is 0.200. The van der Waals surface area contributed by atoms with E-state index < -0.39 is 0 Å². The van der Waals surface area contributed by atoms with Gasteiger partial charge in [0.05, 0.1) is 16.6 Å². The van der Waals surface area contributed by atoms with Gasteiger partial charge in [0.1, 0.15) is 5.76 Å². The summed E-state index contributed by atoms with van der Waals surface area (Å²) < 4.78 is 5.52. The van der Waals surface area contributed by atoms with Gasteiger partial charge in [0.15, 0.2) is 5.58 Å². The van der Waals surface area contributed by atoms with Crippen molar-refractivity contribution in [3.63, 3.8) is 0 Å². The van der Waals surface area contributed by atoms with Crippen LogP contribution in [0.15, 0.2) is 16.5 Å². The molecule has 0 atom stereocenters. The van der Waals surface area contributed by atoms with E-state index in [2.05, 4.69) is 0 Å². The van der Waals surface area contributed by atoms with Gasteiger partial charge >= 0.3 is 0 Å². The van der Waals surface area contributed by atoms with Crippen LogP contribution >= 0.6 is 23.2 Å². The van der Waals surface area contributed by atoms with Gasteiger partial charge in [0.25, 0.3) is 0 Å². The zero-order chi connectivity index (χ0) is 10.3. The lowest BCUT2D eigenvalue weighted by Gasteiger charge is -1.95. The molecule has 2 N–H and O–H groups in total. The molecule has 14 heavy (non-hydrogen) atoms. The number of hydrogen-bond acceptors (Lipinski definition) is 2. The third-order valence-corrected chi connectivity index (χ3v) is 2.88. The average molecular weight is 230 g/mol. The van der Waals surface area contributed by atoms with Gasteiger partial charge in [-0.1, -0.05) is 23.2 Å². The van der Waals surface area contributed by atoms with Gasteiger partial charge in [0.2, 0.25) is 0 Å².